The van der Waals surface area contributed by atoms with E-state index in [1.807, 2.05) is 32.0 Å². The molecular weight excluding hydrogens is 284 g/mol. The van der Waals surface area contributed by atoms with Gasteiger partial charge in [-0.05, 0) is 31.9 Å². The largest absolute Gasteiger partial charge is 0.485 e. The van der Waals surface area contributed by atoms with Gasteiger partial charge in [-0.15, -0.1) is 0 Å². The monoisotopic (exact) mass is 302 g/mol. The molecule has 1 heterocycles. The van der Waals surface area contributed by atoms with Crippen LogP contribution in [0, 0.1) is 13.8 Å². The van der Waals surface area contributed by atoms with Crippen LogP contribution in [0.1, 0.15) is 28.9 Å². The zero-order chi connectivity index (χ0) is 16.1. The maximum absolute atomic E-state index is 11.8. The summed E-state index contributed by atoms with van der Waals surface area (Å²) in [4.78, 5) is 29.1. The Hall–Kier alpha value is -2.63. The second-order valence-electron chi connectivity index (χ2n) is 5.14. The fourth-order valence-corrected chi connectivity index (χ4v) is 2.06. The average Bonchev–Trinajstić information content (AvgIpc) is 2.45. The number of carboxylic acid groups (broad SMARTS) is 1. The minimum Gasteiger partial charge on any atom is -0.485 e. The molecule has 116 valence electrons. The van der Waals surface area contributed by atoms with Crippen molar-refractivity contribution in [3.63, 3.8) is 0 Å². The normalized spacial score (nSPS) is 10.5. The van der Waals surface area contributed by atoms with Gasteiger partial charge in [-0.1, -0.05) is 17.7 Å². The van der Waals surface area contributed by atoms with Crippen molar-refractivity contribution in [3.8, 4) is 5.75 Å². The Morgan fingerprint density at radius 1 is 1.36 bits per heavy atom. The molecule has 0 aliphatic carbocycles. The van der Waals surface area contributed by atoms with E-state index in [2.05, 4.69) is 9.97 Å². The summed E-state index contributed by atoms with van der Waals surface area (Å²) in [5.74, 6) is 0.203. The molecule has 6 nitrogen and oxygen atoms in total. The number of H-pyrrole nitrogens is 1. The Bertz CT molecular complexity index is 737. The van der Waals surface area contributed by atoms with Gasteiger partial charge in [0.25, 0.3) is 5.56 Å². The number of benzene rings is 1. The van der Waals surface area contributed by atoms with Crippen molar-refractivity contribution in [2.24, 2.45) is 0 Å². The number of aryl methyl sites for hydroxylation is 3. The van der Waals surface area contributed by atoms with E-state index in [1.165, 1.54) is 6.20 Å². The predicted octanol–water partition coefficient (Wildman–Crippen LogP) is 1.98. The van der Waals surface area contributed by atoms with Crippen molar-refractivity contribution in [1.82, 2.24) is 9.97 Å². The number of hydrogen-bond acceptors (Lipinski definition) is 4. The van der Waals surface area contributed by atoms with Gasteiger partial charge in [0.1, 0.15) is 18.2 Å². The Labute approximate surface area is 127 Å². The first-order chi connectivity index (χ1) is 10.5. The number of ether oxygens (including phenoxy) is 1. The SMILES string of the molecule is Cc1ccc(OCc2ncc(CCC(=O)O)c(=O)[nH]2)c(C)c1. The highest BCUT2D eigenvalue weighted by Gasteiger charge is 2.07. The van der Waals surface area contributed by atoms with Gasteiger partial charge in [0.2, 0.25) is 0 Å². The molecule has 1 aromatic carbocycles. The van der Waals surface area contributed by atoms with Crippen molar-refractivity contribution in [3.05, 3.63) is 57.3 Å². The molecule has 2 N–H and O–H groups in total. The fraction of sp³-hybridized carbons (Fsp3) is 0.312. The molecule has 0 spiro atoms. The van der Waals surface area contributed by atoms with E-state index in [4.69, 9.17) is 9.84 Å². The third kappa shape index (κ3) is 4.18. The van der Waals surface area contributed by atoms with E-state index in [0.29, 0.717) is 11.4 Å². The van der Waals surface area contributed by atoms with Crippen LogP contribution in [-0.4, -0.2) is 21.0 Å². The van der Waals surface area contributed by atoms with Crippen molar-refractivity contribution in [1.29, 1.82) is 0 Å². The maximum Gasteiger partial charge on any atom is 0.303 e. The molecular formula is C16H18N2O4. The number of nitrogens with zero attached hydrogens (tertiary/aromatic N) is 1. The number of hydrogen-bond donors (Lipinski definition) is 2. The van der Waals surface area contributed by atoms with Gasteiger partial charge in [0, 0.05) is 18.2 Å². The Balaban J connectivity index is 2.03. The lowest BCUT2D eigenvalue weighted by Gasteiger charge is -2.09. The maximum atomic E-state index is 11.8. The molecule has 6 heteroatoms. The average molecular weight is 302 g/mol. The summed E-state index contributed by atoms with van der Waals surface area (Å²) in [5, 5.41) is 8.62. The molecule has 2 aromatic rings. The molecule has 0 fully saturated rings. The zero-order valence-corrected chi connectivity index (χ0v) is 12.5. The molecule has 0 radical (unpaired) electrons. The minimum atomic E-state index is -0.943. The molecule has 0 aliphatic rings. The van der Waals surface area contributed by atoms with Crippen LogP contribution in [0.5, 0.6) is 5.75 Å². The van der Waals surface area contributed by atoms with Crippen LogP contribution < -0.4 is 10.3 Å². The highest BCUT2D eigenvalue weighted by atomic mass is 16.5. The molecule has 0 unspecified atom stereocenters. The summed E-state index contributed by atoms with van der Waals surface area (Å²) in [7, 11) is 0. The van der Waals surface area contributed by atoms with Gasteiger partial charge in [-0.25, -0.2) is 4.98 Å². The number of aromatic nitrogens is 2. The van der Waals surface area contributed by atoms with Gasteiger partial charge < -0.3 is 14.8 Å². The molecule has 0 bridgehead atoms. The van der Waals surface area contributed by atoms with E-state index in [0.717, 1.165) is 16.9 Å². The lowest BCUT2D eigenvalue weighted by molar-refractivity contribution is -0.136. The van der Waals surface area contributed by atoms with E-state index in [1.54, 1.807) is 0 Å². The Morgan fingerprint density at radius 2 is 2.14 bits per heavy atom. The van der Waals surface area contributed by atoms with Crippen molar-refractivity contribution >= 4 is 5.97 Å². The fourth-order valence-electron chi connectivity index (χ4n) is 2.06. The van der Waals surface area contributed by atoms with Gasteiger partial charge in [-0.3, -0.25) is 9.59 Å². The first kappa shape index (κ1) is 15.8. The molecule has 0 atom stereocenters. The summed E-state index contributed by atoms with van der Waals surface area (Å²) < 4.78 is 5.64. The lowest BCUT2D eigenvalue weighted by atomic mass is 10.1. The number of rotatable bonds is 6. The van der Waals surface area contributed by atoms with Gasteiger partial charge in [0.05, 0.1) is 0 Å². The van der Waals surface area contributed by atoms with Crippen LogP contribution in [0.15, 0.2) is 29.2 Å². The highest BCUT2D eigenvalue weighted by molar-refractivity contribution is 5.67. The second-order valence-corrected chi connectivity index (χ2v) is 5.14. The van der Waals surface area contributed by atoms with Crippen LogP contribution in [0.4, 0.5) is 0 Å². The van der Waals surface area contributed by atoms with Crippen LogP contribution in [-0.2, 0) is 17.8 Å². The topological polar surface area (TPSA) is 92.3 Å². The second kappa shape index (κ2) is 6.89. The van der Waals surface area contributed by atoms with Gasteiger partial charge >= 0.3 is 5.97 Å². The minimum absolute atomic E-state index is 0.0941. The van der Waals surface area contributed by atoms with Gasteiger partial charge in [-0.2, -0.15) is 0 Å². The number of carbonyl (C=O) groups is 1. The number of carboxylic acids is 1. The molecule has 22 heavy (non-hydrogen) atoms. The standard InChI is InChI=1S/C16H18N2O4/c1-10-3-5-13(11(2)7-10)22-9-14-17-8-12(16(21)18-14)4-6-15(19)20/h3,5,7-8H,4,6,9H2,1-2H3,(H,19,20)(H,17,18,21). The van der Waals surface area contributed by atoms with Crippen molar-refractivity contribution in [2.45, 2.75) is 33.3 Å². The molecule has 0 amide bonds. The molecule has 0 aliphatic heterocycles. The van der Waals surface area contributed by atoms with Crippen LogP contribution >= 0.6 is 0 Å². The summed E-state index contributed by atoms with van der Waals surface area (Å²) in [5.41, 5.74) is 2.20. The van der Waals surface area contributed by atoms with E-state index >= 15 is 0 Å². The van der Waals surface area contributed by atoms with Crippen LogP contribution in [0.2, 0.25) is 0 Å². The molecule has 0 saturated heterocycles. The first-order valence-corrected chi connectivity index (χ1v) is 6.94. The summed E-state index contributed by atoms with van der Waals surface area (Å²) in [6.45, 7) is 4.11. The third-order valence-corrected chi connectivity index (χ3v) is 3.23. The Kier molecular flexibility index (Phi) is 4.93. The van der Waals surface area contributed by atoms with E-state index < -0.39 is 5.97 Å². The van der Waals surface area contributed by atoms with Crippen LogP contribution in [0.3, 0.4) is 0 Å². The number of aliphatic carboxylic acids is 1. The first-order valence-electron chi connectivity index (χ1n) is 6.94. The van der Waals surface area contributed by atoms with Crippen molar-refractivity contribution < 1.29 is 14.6 Å². The highest BCUT2D eigenvalue weighted by Crippen LogP contribution is 2.19. The van der Waals surface area contributed by atoms with Crippen molar-refractivity contribution in [2.75, 3.05) is 0 Å². The molecule has 0 saturated carbocycles. The Morgan fingerprint density at radius 3 is 2.77 bits per heavy atom. The van der Waals surface area contributed by atoms with Crippen LogP contribution in [0.25, 0.3) is 0 Å². The summed E-state index contributed by atoms with van der Waals surface area (Å²) in [6, 6.07) is 5.85. The van der Waals surface area contributed by atoms with E-state index in [-0.39, 0.29) is 25.0 Å². The molecule has 2 rings (SSSR count). The number of nitrogens with one attached hydrogen (secondary N) is 1. The number of aromatic amines is 1. The third-order valence-electron chi connectivity index (χ3n) is 3.23. The lowest BCUT2D eigenvalue weighted by Crippen LogP contribution is -2.18. The smallest absolute Gasteiger partial charge is 0.303 e. The summed E-state index contributed by atoms with van der Waals surface area (Å²) in [6.07, 6.45) is 1.47. The summed E-state index contributed by atoms with van der Waals surface area (Å²) >= 11 is 0. The predicted molar refractivity (Wildman–Crippen MR) is 81.1 cm³/mol. The zero-order valence-electron chi connectivity index (χ0n) is 12.5. The van der Waals surface area contributed by atoms with Gasteiger partial charge in [0.15, 0.2) is 0 Å². The van der Waals surface area contributed by atoms with E-state index in [9.17, 15) is 9.59 Å². The quantitative estimate of drug-likeness (QED) is 0.851. The molecule has 1 aromatic heterocycles.